The van der Waals surface area contributed by atoms with Gasteiger partial charge in [-0.25, -0.2) is 0 Å². The summed E-state index contributed by atoms with van der Waals surface area (Å²) in [4.78, 5) is 11.9. The zero-order valence-electron chi connectivity index (χ0n) is 8.39. The van der Waals surface area contributed by atoms with Crippen LogP contribution in [0.5, 0.6) is 5.75 Å². The van der Waals surface area contributed by atoms with Crippen molar-refractivity contribution in [1.82, 2.24) is 0 Å². The van der Waals surface area contributed by atoms with Crippen LogP contribution in [0.1, 0.15) is 5.56 Å². The molecule has 1 aromatic carbocycles. The number of thiocarbonyl (C=S) groups is 1. The predicted molar refractivity (Wildman–Crippen MR) is 63.4 cm³/mol. The monoisotopic (exact) mass is 236 g/mol. The van der Waals surface area contributed by atoms with Gasteiger partial charge in [-0.3, -0.25) is 4.79 Å². The van der Waals surface area contributed by atoms with Crippen LogP contribution in [-0.2, 0) is 0 Å². The number of hydrogen-bond donors (Lipinski definition) is 1. The Labute approximate surface area is 96.1 Å². The summed E-state index contributed by atoms with van der Waals surface area (Å²) in [6.07, 6.45) is 1.15. The summed E-state index contributed by atoms with van der Waals surface area (Å²) in [6.45, 7) is 0. The van der Waals surface area contributed by atoms with Gasteiger partial charge in [0.1, 0.15) is 23.2 Å². The lowest BCUT2D eigenvalue weighted by Crippen LogP contribution is -2.13. The molecule has 16 heavy (non-hydrogen) atoms. The zero-order valence-corrected chi connectivity index (χ0v) is 9.21. The molecule has 1 aromatic heterocycles. The number of fused-ring (bicyclic) bond motifs is 1. The van der Waals surface area contributed by atoms with Gasteiger partial charge in [0.05, 0.1) is 12.5 Å². The van der Waals surface area contributed by atoms with Gasteiger partial charge in [-0.2, -0.15) is 0 Å². The number of benzene rings is 1. The first-order valence-electron chi connectivity index (χ1n) is 4.46. The molecule has 0 aliphatic heterocycles. The summed E-state index contributed by atoms with van der Waals surface area (Å²) in [5.74, 6) is 0.542. The summed E-state index contributed by atoms with van der Waals surface area (Å²) in [5.41, 5.74) is 0.0363. The Morgan fingerprint density at radius 2 is 2.25 bits per heavy atom. The van der Waals surface area contributed by atoms with Crippen LogP contribution >= 0.6 is 12.2 Å². The quantitative estimate of drug-likeness (QED) is 0.808. The van der Waals surface area contributed by atoms with Gasteiger partial charge < -0.3 is 14.3 Å². The highest BCUT2D eigenvalue weighted by Gasteiger charge is 2.10. The fraction of sp³-hybridized carbons (Fsp3) is 0.0909. The van der Waals surface area contributed by atoms with Gasteiger partial charge in [-0.15, -0.1) is 0 Å². The molecule has 4 nitrogen and oxygen atoms in total. The molecule has 0 atom stereocenters. The Morgan fingerprint density at radius 1 is 1.50 bits per heavy atom. The molecule has 0 saturated carbocycles. The van der Waals surface area contributed by atoms with Crippen LogP contribution in [0.2, 0.25) is 0 Å². The topological polar surface area (TPSA) is 59.7 Å². The maximum atomic E-state index is 11.9. The molecule has 82 valence electrons. The number of ether oxygens (including phenoxy) is 1. The van der Waals surface area contributed by atoms with E-state index < -0.39 is 5.05 Å². The predicted octanol–water partition coefficient (Wildman–Crippen LogP) is 2.04. The largest absolute Gasteiger partial charge is 0.498 e. The second-order valence-corrected chi connectivity index (χ2v) is 3.53. The number of aliphatic hydroxyl groups is 1. The first-order valence-corrected chi connectivity index (χ1v) is 4.87. The van der Waals surface area contributed by atoms with E-state index in [1.54, 1.807) is 18.2 Å². The van der Waals surface area contributed by atoms with Gasteiger partial charge in [0, 0.05) is 0 Å². The molecular weight excluding hydrogens is 228 g/mol. The fourth-order valence-corrected chi connectivity index (χ4v) is 1.53. The molecule has 1 N–H and O–H groups in total. The molecule has 0 spiro atoms. The van der Waals surface area contributed by atoms with Crippen molar-refractivity contribution in [2.24, 2.45) is 0 Å². The maximum absolute atomic E-state index is 11.9. The van der Waals surface area contributed by atoms with E-state index in [1.165, 1.54) is 7.11 Å². The van der Waals surface area contributed by atoms with Crippen LogP contribution in [0.3, 0.4) is 0 Å². The van der Waals surface area contributed by atoms with Gasteiger partial charge in [-0.05, 0) is 30.4 Å². The van der Waals surface area contributed by atoms with E-state index in [0.717, 1.165) is 6.26 Å². The van der Waals surface area contributed by atoms with Crippen molar-refractivity contribution in [3.8, 4) is 5.75 Å². The zero-order chi connectivity index (χ0) is 11.7. The molecule has 0 aliphatic carbocycles. The van der Waals surface area contributed by atoms with Gasteiger partial charge in [-0.1, -0.05) is 0 Å². The summed E-state index contributed by atoms with van der Waals surface area (Å²) in [6, 6.07) is 4.85. The number of hydrogen-bond acceptors (Lipinski definition) is 4. The molecule has 0 amide bonds. The first kappa shape index (κ1) is 10.6. The molecule has 0 bridgehead atoms. The smallest absolute Gasteiger partial charge is 0.204 e. The van der Waals surface area contributed by atoms with Crippen LogP contribution < -0.4 is 10.2 Å². The van der Waals surface area contributed by atoms with E-state index in [0.29, 0.717) is 16.7 Å². The summed E-state index contributed by atoms with van der Waals surface area (Å²) < 4.78 is 10.2. The number of aliphatic hydroxyl groups excluding tert-OH is 1. The minimum Gasteiger partial charge on any atom is -0.498 e. The van der Waals surface area contributed by atoms with E-state index in [2.05, 4.69) is 12.2 Å². The average molecular weight is 236 g/mol. The molecule has 0 unspecified atom stereocenters. The van der Waals surface area contributed by atoms with Gasteiger partial charge in [0.2, 0.25) is 5.43 Å². The molecule has 0 aliphatic rings. The third-order valence-corrected chi connectivity index (χ3v) is 2.43. The summed E-state index contributed by atoms with van der Waals surface area (Å²) >= 11 is 4.54. The lowest BCUT2D eigenvalue weighted by molar-refractivity contribution is 0.415. The van der Waals surface area contributed by atoms with Crippen molar-refractivity contribution in [3.05, 3.63) is 40.2 Å². The van der Waals surface area contributed by atoms with Gasteiger partial charge in [0.15, 0.2) is 5.05 Å². The van der Waals surface area contributed by atoms with Gasteiger partial charge in [0.25, 0.3) is 0 Å². The highest BCUT2D eigenvalue weighted by atomic mass is 32.1. The summed E-state index contributed by atoms with van der Waals surface area (Å²) in [5, 5.41) is 8.98. The van der Waals surface area contributed by atoms with Crippen molar-refractivity contribution in [1.29, 1.82) is 0 Å². The molecule has 0 fully saturated rings. The van der Waals surface area contributed by atoms with Crippen molar-refractivity contribution in [2.45, 2.75) is 0 Å². The standard InChI is InChI=1S/C11H8O4S/c1-14-6-2-3-9-7(4-6)10(12)8(5-15-9)11(13)16/h2-5H,1H3,(H,13,16). The van der Waals surface area contributed by atoms with E-state index in [9.17, 15) is 4.79 Å². The van der Waals surface area contributed by atoms with E-state index >= 15 is 0 Å². The first-order chi connectivity index (χ1) is 7.63. The van der Waals surface area contributed by atoms with Gasteiger partial charge >= 0.3 is 0 Å². The second-order valence-electron chi connectivity index (χ2n) is 3.15. The number of rotatable bonds is 2. The second kappa shape index (κ2) is 3.94. The van der Waals surface area contributed by atoms with Crippen molar-refractivity contribution < 1.29 is 14.3 Å². The molecule has 1 heterocycles. The Bertz CT molecular complexity index is 615. The van der Waals surface area contributed by atoms with Crippen LogP contribution in [0.15, 0.2) is 33.7 Å². The molecule has 5 heteroatoms. The molecule has 0 radical (unpaired) electrons. The Kier molecular flexibility index (Phi) is 2.62. The van der Waals surface area contributed by atoms with Crippen molar-refractivity contribution in [2.75, 3.05) is 7.11 Å². The number of methoxy groups -OCH3 is 1. The van der Waals surface area contributed by atoms with Crippen LogP contribution in [0.4, 0.5) is 0 Å². The minimum absolute atomic E-state index is 0.0178. The lowest BCUT2D eigenvalue weighted by atomic mass is 10.2. The third kappa shape index (κ3) is 1.65. The Balaban J connectivity index is 2.81. The fourth-order valence-electron chi connectivity index (χ4n) is 1.38. The van der Waals surface area contributed by atoms with Crippen molar-refractivity contribution >= 4 is 28.2 Å². The highest BCUT2D eigenvalue weighted by Crippen LogP contribution is 2.18. The van der Waals surface area contributed by atoms with E-state index in [1.807, 2.05) is 0 Å². The molecule has 2 aromatic rings. The van der Waals surface area contributed by atoms with Crippen LogP contribution in [0, 0.1) is 0 Å². The summed E-state index contributed by atoms with van der Waals surface area (Å²) in [7, 11) is 1.50. The van der Waals surface area contributed by atoms with Crippen LogP contribution in [0.25, 0.3) is 11.0 Å². The highest BCUT2D eigenvalue weighted by molar-refractivity contribution is 7.80. The van der Waals surface area contributed by atoms with E-state index in [4.69, 9.17) is 14.3 Å². The van der Waals surface area contributed by atoms with E-state index in [-0.39, 0.29) is 11.0 Å². The molecule has 2 rings (SSSR count). The third-order valence-electron chi connectivity index (χ3n) is 2.21. The average Bonchev–Trinajstić information content (AvgIpc) is 2.28. The molecular formula is C11H8O4S. The van der Waals surface area contributed by atoms with Crippen molar-refractivity contribution in [3.63, 3.8) is 0 Å². The minimum atomic E-state index is -0.474. The lowest BCUT2D eigenvalue weighted by Gasteiger charge is -2.02. The Hall–Kier alpha value is -1.88. The Morgan fingerprint density at radius 3 is 2.88 bits per heavy atom. The SMILES string of the molecule is COc1ccc2occ(C(O)=S)c(=O)c2c1. The maximum Gasteiger partial charge on any atom is 0.204 e. The van der Waals surface area contributed by atoms with Crippen LogP contribution in [-0.4, -0.2) is 17.3 Å². The normalized spacial score (nSPS) is 10.3. The molecule has 0 saturated heterocycles.